The van der Waals surface area contributed by atoms with E-state index in [1.54, 1.807) is 0 Å². The maximum atomic E-state index is 4.99. The van der Waals surface area contributed by atoms with Gasteiger partial charge in [0.15, 0.2) is 0 Å². The number of thiocarbonyl (C=S) groups is 1. The Kier molecular flexibility index (Phi) is 4.03. The Morgan fingerprint density at radius 1 is 1.33 bits per heavy atom. The second-order valence-electron chi connectivity index (χ2n) is 3.13. The minimum Gasteiger partial charge on any atom is -0.0900 e. The Bertz CT molecular complexity index is 94.7. The number of rotatable bonds is 3. The minimum absolute atomic E-state index is 0.752. The van der Waals surface area contributed by atoms with Crippen molar-refractivity contribution in [3.63, 3.8) is 0 Å². The fourth-order valence-corrected chi connectivity index (χ4v) is 0.952. The van der Waals surface area contributed by atoms with Crippen LogP contribution in [0.1, 0.15) is 34.1 Å². The first-order chi connectivity index (χ1) is 4.04. The third-order valence-electron chi connectivity index (χ3n) is 1.75. The highest BCUT2D eigenvalue weighted by atomic mass is 32.1. The Balaban J connectivity index is 3.50. The molecule has 0 aromatic carbocycles. The van der Waals surface area contributed by atoms with Crippen LogP contribution in [0, 0.1) is 11.8 Å². The SMILES string of the molecule is CC(=S)CC(C)C(C)C. The van der Waals surface area contributed by atoms with Crippen LogP contribution in [0.3, 0.4) is 0 Å². The van der Waals surface area contributed by atoms with E-state index in [1.807, 2.05) is 6.92 Å². The average molecular weight is 144 g/mol. The van der Waals surface area contributed by atoms with E-state index in [-0.39, 0.29) is 0 Å². The highest BCUT2D eigenvalue weighted by Crippen LogP contribution is 2.14. The first kappa shape index (κ1) is 9.09. The van der Waals surface area contributed by atoms with E-state index in [1.165, 1.54) is 0 Å². The van der Waals surface area contributed by atoms with Crippen LogP contribution in [-0.2, 0) is 0 Å². The lowest BCUT2D eigenvalue weighted by Gasteiger charge is -2.13. The van der Waals surface area contributed by atoms with E-state index in [0.717, 1.165) is 23.1 Å². The average Bonchev–Trinajstić information content (AvgIpc) is 1.63. The molecule has 0 saturated carbocycles. The molecule has 0 fully saturated rings. The van der Waals surface area contributed by atoms with Crippen LogP contribution >= 0.6 is 12.2 Å². The van der Waals surface area contributed by atoms with Crippen molar-refractivity contribution in [2.75, 3.05) is 0 Å². The van der Waals surface area contributed by atoms with Crippen LogP contribution in [0.25, 0.3) is 0 Å². The van der Waals surface area contributed by atoms with Gasteiger partial charge in [0.25, 0.3) is 0 Å². The summed E-state index contributed by atoms with van der Waals surface area (Å²) in [6, 6.07) is 0. The Morgan fingerprint density at radius 3 is 1.89 bits per heavy atom. The predicted octanol–water partition coefficient (Wildman–Crippen LogP) is 3.06. The molecule has 54 valence electrons. The van der Waals surface area contributed by atoms with Crippen molar-refractivity contribution in [2.24, 2.45) is 11.8 Å². The van der Waals surface area contributed by atoms with E-state index in [4.69, 9.17) is 12.2 Å². The molecule has 0 spiro atoms. The molecule has 0 saturated heterocycles. The smallest absolute Gasteiger partial charge is 0.00997 e. The highest BCUT2D eigenvalue weighted by molar-refractivity contribution is 7.80. The van der Waals surface area contributed by atoms with Gasteiger partial charge >= 0.3 is 0 Å². The Hall–Kier alpha value is 0.0900. The van der Waals surface area contributed by atoms with Gasteiger partial charge in [-0.05, 0) is 30.0 Å². The van der Waals surface area contributed by atoms with Gasteiger partial charge < -0.3 is 0 Å². The summed E-state index contributed by atoms with van der Waals surface area (Å²) in [4.78, 5) is 1.14. The number of hydrogen-bond acceptors (Lipinski definition) is 1. The normalized spacial score (nSPS) is 13.9. The molecule has 0 aromatic heterocycles. The maximum Gasteiger partial charge on any atom is -0.00997 e. The summed E-state index contributed by atoms with van der Waals surface area (Å²) in [7, 11) is 0. The fourth-order valence-electron chi connectivity index (χ4n) is 0.689. The van der Waals surface area contributed by atoms with Gasteiger partial charge in [-0.25, -0.2) is 0 Å². The quantitative estimate of drug-likeness (QED) is 0.549. The zero-order chi connectivity index (χ0) is 7.44. The molecule has 0 radical (unpaired) electrons. The molecule has 0 aliphatic carbocycles. The molecule has 1 heteroatoms. The summed E-state index contributed by atoms with van der Waals surface area (Å²) in [6.45, 7) is 8.75. The van der Waals surface area contributed by atoms with Crippen LogP contribution in [-0.4, -0.2) is 4.86 Å². The summed E-state index contributed by atoms with van der Waals surface area (Å²) in [5.41, 5.74) is 0. The molecule has 1 atom stereocenters. The van der Waals surface area contributed by atoms with E-state index in [2.05, 4.69) is 20.8 Å². The molecule has 0 rings (SSSR count). The van der Waals surface area contributed by atoms with Gasteiger partial charge in [-0.2, -0.15) is 0 Å². The van der Waals surface area contributed by atoms with Crippen LogP contribution in [0.4, 0.5) is 0 Å². The molecule has 1 unspecified atom stereocenters. The lowest BCUT2D eigenvalue weighted by Crippen LogP contribution is -2.06. The van der Waals surface area contributed by atoms with Gasteiger partial charge in [-0.1, -0.05) is 33.0 Å². The van der Waals surface area contributed by atoms with E-state index in [0.29, 0.717) is 0 Å². The lowest BCUT2D eigenvalue weighted by molar-refractivity contribution is 0.434. The molecule has 0 bridgehead atoms. The molecule has 0 amide bonds. The van der Waals surface area contributed by atoms with Gasteiger partial charge in [0.1, 0.15) is 0 Å². The molecular weight excluding hydrogens is 128 g/mol. The number of hydrogen-bond donors (Lipinski definition) is 0. The predicted molar refractivity (Wildman–Crippen MR) is 46.9 cm³/mol. The first-order valence-corrected chi connectivity index (χ1v) is 3.94. The van der Waals surface area contributed by atoms with Crippen molar-refractivity contribution in [2.45, 2.75) is 34.1 Å². The van der Waals surface area contributed by atoms with Crippen LogP contribution in [0.2, 0.25) is 0 Å². The summed E-state index contributed by atoms with van der Waals surface area (Å²) in [5.74, 6) is 1.52. The summed E-state index contributed by atoms with van der Waals surface area (Å²) in [5, 5.41) is 0. The van der Waals surface area contributed by atoms with Crippen LogP contribution in [0.5, 0.6) is 0 Å². The van der Waals surface area contributed by atoms with E-state index in [9.17, 15) is 0 Å². The van der Waals surface area contributed by atoms with Crippen molar-refractivity contribution < 1.29 is 0 Å². The fraction of sp³-hybridized carbons (Fsp3) is 0.875. The Morgan fingerprint density at radius 2 is 1.78 bits per heavy atom. The molecule has 0 nitrogen and oxygen atoms in total. The summed E-state index contributed by atoms with van der Waals surface area (Å²) < 4.78 is 0. The van der Waals surface area contributed by atoms with Crippen LogP contribution in [0.15, 0.2) is 0 Å². The van der Waals surface area contributed by atoms with E-state index < -0.39 is 0 Å². The van der Waals surface area contributed by atoms with Gasteiger partial charge in [0.05, 0.1) is 0 Å². The van der Waals surface area contributed by atoms with Gasteiger partial charge in [0.2, 0.25) is 0 Å². The largest absolute Gasteiger partial charge is 0.0900 e. The van der Waals surface area contributed by atoms with Crippen molar-refractivity contribution in [1.29, 1.82) is 0 Å². The van der Waals surface area contributed by atoms with Crippen LogP contribution < -0.4 is 0 Å². The zero-order valence-electron chi connectivity index (χ0n) is 6.77. The standard InChI is InChI=1S/C8H16S/c1-6(2)7(3)5-8(4)9/h6-7H,5H2,1-4H3. The molecule has 9 heavy (non-hydrogen) atoms. The summed E-state index contributed by atoms with van der Waals surface area (Å²) >= 11 is 4.99. The van der Waals surface area contributed by atoms with Crippen molar-refractivity contribution in [1.82, 2.24) is 0 Å². The molecule has 0 N–H and O–H groups in total. The third kappa shape index (κ3) is 4.58. The zero-order valence-corrected chi connectivity index (χ0v) is 7.59. The highest BCUT2D eigenvalue weighted by Gasteiger charge is 2.06. The topological polar surface area (TPSA) is 0 Å². The second kappa shape index (κ2) is 3.99. The maximum absolute atomic E-state index is 4.99. The monoisotopic (exact) mass is 144 g/mol. The molecule has 0 aromatic rings. The van der Waals surface area contributed by atoms with Crippen molar-refractivity contribution in [3.05, 3.63) is 0 Å². The molecule has 0 heterocycles. The first-order valence-electron chi connectivity index (χ1n) is 3.53. The third-order valence-corrected chi connectivity index (χ3v) is 1.91. The summed E-state index contributed by atoms with van der Waals surface area (Å²) in [6.07, 6.45) is 1.10. The lowest BCUT2D eigenvalue weighted by atomic mass is 9.94. The minimum atomic E-state index is 0.752. The van der Waals surface area contributed by atoms with E-state index >= 15 is 0 Å². The van der Waals surface area contributed by atoms with Crippen molar-refractivity contribution in [3.8, 4) is 0 Å². The Labute approximate surface area is 63.7 Å². The van der Waals surface area contributed by atoms with Crippen molar-refractivity contribution >= 4 is 17.1 Å². The van der Waals surface area contributed by atoms with Gasteiger partial charge in [-0.3, -0.25) is 0 Å². The van der Waals surface area contributed by atoms with Gasteiger partial charge in [-0.15, -0.1) is 0 Å². The second-order valence-corrected chi connectivity index (χ2v) is 3.82. The molecular formula is C8H16S. The molecule has 0 aliphatic rings. The van der Waals surface area contributed by atoms with Gasteiger partial charge in [0, 0.05) is 0 Å². The molecule has 0 aliphatic heterocycles.